The molecule has 3 N–H and O–H groups in total. The molecule has 0 unspecified atom stereocenters. The molecule has 0 spiro atoms. The Balaban J connectivity index is 1.62. The molecule has 132 valence electrons. The Bertz CT molecular complexity index is 559. The molecule has 0 aromatic heterocycles. The molecule has 7 heteroatoms. The van der Waals surface area contributed by atoms with E-state index in [1.165, 1.54) is 0 Å². The lowest BCUT2D eigenvalue weighted by molar-refractivity contribution is -0.139. The van der Waals surface area contributed by atoms with Gasteiger partial charge < -0.3 is 15.7 Å². The number of carbonyl (C=O) groups is 2. The molecule has 0 heterocycles. The normalized spacial score (nSPS) is 19.6. The van der Waals surface area contributed by atoms with Crippen LogP contribution in [-0.2, 0) is 11.2 Å². The van der Waals surface area contributed by atoms with E-state index in [0.29, 0.717) is 18.1 Å². The van der Waals surface area contributed by atoms with Crippen LogP contribution in [0.2, 0.25) is 5.02 Å². The minimum Gasteiger partial charge on any atom is -0.480 e. The van der Waals surface area contributed by atoms with E-state index in [-0.39, 0.29) is 24.7 Å². The van der Waals surface area contributed by atoms with Crippen LogP contribution >= 0.6 is 11.6 Å². The number of nitrogens with one attached hydrogen (secondary N) is 2. The molecule has 0 atom stereocenters. The predicted octanol–water partition coefficient (Wildman–Crippen LogP) is 2.12. The van der Waals surface area contributed by atoms with Crippen molar-refractivity contribution >= 4 is 23.6 Å². The maximum absolute atomic E-state index is 11.9. The van der Waals surface area contributed by atoms with Gasteiger partial charge in [0, 0.05) is 23.7 Å². The second-order valence-corrected chi connectivity index (χ2v) is 6.49. The van der Waals surface area contributed by atoms with Crippen molar-refractivity contribution in [3.05, 3.63) is 34.9 Å². The number of benzene rings is 1. The van der Waals surface area contributed by atoms with E-state index in [0.717, 1.165) is 24.8 Å². The third kappa shape index (κ3) is 5.69. The Hall–Kier alpha value is -1.79. The molecule has 1 fully saturated rings. The molecular weight excluding hydrogens is 330 g/mol. The fraction of sp³-hybridized carbons (Fsp3) is 0.529. The predicted molar refractivity (Wildman–Crippen MR) is 93.4 cm³/mol. The van der Waals surface area contributed by atoms with Gasteiger partial charge in [-0.2, -0.15) is 0 Å². The molecule has 6 nitrogen and oxygen atoms in total. The molecule has 0 aliphatic heterocycles. The van der Waals surface area contributed by atoms with E-state index in [2.05, 4.69) is 10.6 Å². The zero-order valence-electron chi connectivity index (χ0n) is 13.8. The minimum atomic E-state index is -0.812. The van der Waals surface area contributed by atoms with Gasteiger partial charge in [-0.3, -0.25) is 9.69 Å². The van der Waals surface area contributed by atoms with Crippen LogP contribution < -0.4 is 10.6 Å². The van der Waals surface area contributed by atoms with Gasteiger partial charge in [0.25, 0.3) is 0 Å². The summed E-state index contributed by atoms with van der Waals surface area (Å²) in [5, 5.41) is 15.3. The molecule has 2 rings (SSSR count). The fourth-order valence-corrected chi connectivity index (χ4v) is 3.01. The highest BCUT2D eigenvalue weighted by atomic mass is 35.5. The van der Waals surface area contributed by atoms with Gasteiger partial charge in [-0.25, -0.2) is 4.79 Å². The van der Waals surface area contributed by atoms with Crippen LogP contribution in [0.1, 0.15) is 25.3 Å². The topological polar surface area (TPSA) is 81.7 Å². The van der Waals surface area contributed by atoms with Crippen molar-refractivity contribution in [3.63, 3.8) is 0 Å². The average molecular weight is 354 g/mol. The lowest BCUT2D eigenvalue weighted by atomic mass is 9.85. The highest BCUT2D eigenvalue weighted by molar-refractivity contribution is 6.30. The minimum absolute atomic E-state index is 0.0567. The van der Waals surface area contributed by atoms with Gasteiger partial charge in [-0.05, 0) is 43.5 Å². The van der Waals surface area contributed by atoms with Gasteiger partial charge in [0.1, 0.15) is 0 Å². The van der Waals surface area contributed by atoms with Crippen LogP contribution in [0.15, 0.2) is 24.3 Å². The molecule has 1 aliphatic carbocycles. The van der Waals surface area contributed by atoms with Gasteiger partial charge >= 0.3 is 12.0 Å². The lowest BCUT2D eigenvalue weighted by Crippen LogP contribution is -2.56. The molecule has 1 saturated carbocycles. The zero-order chi connectivity index (χ0) is 17.5. The van der Waals surface area contributed by atoms with Crippen LogP contribution in [0.25, 0.3) is 0 Å². The highest BCUT2D eigenvalue weighted by Crippen LogP contribution is 2.25. The number of carboxylic acid groups (broad SMARTS) is 1. The summed E-state index contributed by atoms with van der Waals surface area (Å²) >= 11 is 5.83. The number of hydrogen-bond acceptors (Lipinski definition) is 3. The number of urea groups is 1. The van der Waals surface area contributed by atoms with E-state index in [1.807, 2.05) is 36.1 Å². The third-order valence-corrected chi connectivity index (χ3v) is 4.57. The molecule has 24 heavy (non-hydrogen) atoms. The number of carbonyl (C=O) groups excluding carboxylic acids is 1. The molecule has 1 aromatic carbocycles. The van der Waals surface area contributed by atoms with Gasteiger partial charge in [0.15, 0.2) is 0 Å². The summed E-state index contributed by atoms with van der Waals surface area (Å²) in [6.07, 6.45) is 2.34. The SMILES string of the molecule is CCN(CC(=O)O)C1CC(NC(=O)NCCc2ccc(Cl)cc2)C1. The second kappa shape index (κ2) is 8.89. The molecule has 1 aromatic rings. The maximum Gasteiger partial charge on any atom is 0.317 e. The summed E-state index contributed by atoms with van der Waals surface area (Å²) in [6, 6.07) is 7.75. The standard InChI is InChI=1S/C17H24ClN3O3/c1-2-21(11-16(22)23)15-9-14(10-15)20-17(24)19-8-7-12-3-5-13(18)6-4-12/h3-6,14-15H,2,7-11H2,1H3,(H,22,23)(H2,19,20,24). The first-order valence-electron chi connectivity index (χ1n) is 8.22. The molecule has 1 aliphatic rings. The number of nitrogens with zero attached hydrogens (tertiary/aromatic N) is 1. The Morgan fingerprint density at radius 1 is 1.29 bits per heavy atom. The Morgan fingerprint density at radius 3 is 2.54 bits per heavy atom. The molecule has 2 amide bonds. The number of carboxylic acids is 1. The van der Waals surface area contributed by atoms with Gasteiger partial charge in [-0.1, -0.05) is 30.7 Å². The number of rotatable bonds is 8. The van der Waals surface area contributed by atoms with Crippen LogP contribution in [0, 0.1) is 0 Å². The van der Waals surface area contributed by atoms with Crippen LogP contribution in [0.5, 0.6) is 0 Å². The van der Waals surface area contributed by atoms with E-state index in [4.69, 9.17) is 16.7 Å². The molecule has 0 radical (unpaired) electrons. The van der Waals surface area contributed by atoms with Crippen molar-refractivity contribution in [1.29, 1.82) is 0 Å². The summed E-state index contributed by atoms with van der Waals surface area (Å²) in [7, 11) is 0. The summed E-state index contributed by atoms with van der Waals surface area (Å²) in [6.45, 7) is 3.27. The van der Waals surface area contributed by atoms with E-state index < -0.39 is 5.97 Å². The molecule has 0 bridgehead atoms. The number of halogens is 1. The van der Waals surface area contributed by atoms with Crippen LogP contribution in [0.3, 0.4) is 0 Å². The van der Waals surface area contributed by atoms with Crippen LogP contribution in [-0.4, -0.2) is 53.7 Å². The maximum atomic E-state index is 11.9. The van der Waals surface area contributed by atoms with Crippen molar-refractivity contribution < 1.29 is 14.7 Å². The highest BCUT2D eigenvalue weighted by Gasteiger charge is 2.34. The largest absolute Gasteiger partial charge is 0.480 e. The first-order valence-corrected chi connectivity index (χ1v) is 8.60. The van der Waals surface area contributed by atoms with Crippen molar-refractivity contribution in [2.45, 2.75) is 38.3 Å². The molecule has 0 saturated heterocycles. The average Bonchev–Trinajstić information content (AvgIpc) is 2.50. The van der Waals surface area contributed by atoms with Crippen LogP contribution in [0.4, 0.5) is 4.79 Å². The Labute approximate surface area is 147 Å². The van der Waals surface area contributed by atoms with Crippen molar-refractivity contribution in [2.24, 2.45) is 0 Å². The van der Waals surface area contributed by atoms with Gasteiger partial charge in [-0.15, -0.1) is 0 Å². The summed E-state index contributed by atoms with van der Waals surface area (Å²) < 4.78 is 0. The fourth-order valence-electron chi connectivity index (χ4n) is 2.88. The second-order valence-electron chi connectivity index (χ2n) is 6.06. The first-order chi connectivity index (χ1) is 11.5. The number of hydrogen-bond donors (Lipinski definition) is 3. The van der Waals surface area contributed by atoms with Crippen molar-refractivity contribution in [3.8, 4) is 0 Å². The zero-order valence-corrected chi connectivity index (χ0v) is 14.6. The number of amides is 2. The van der Waals surface area contributed by atoms with Gasteiger partial charge in [0.05, 0.1) is 6.54 Å². The summed E-state index contributed by atoms with van der Waals surface area (Å²) in [4.78, 5) is 24.6. The molecular formula is C17H24ClN3O3. The first kappa shape index (κ1) is 18.5. The van der Waals surface area contributed by atoms with Crippen molar-refractivity contribution in [2.75, 3.05) is 19.6 Å². The quantitative estimate of drug-likeness (QED) is 0.668. The third-order valence-electron chi connectivity index (χ3n) is 4.32. The summed E-state index contributed by atoms with van der Waals surface area (Å²) in [5.74, 6) is -0.812. The number of likely N-dealkylation sites (N-methyl/N-ethyl adjacent to an activating group) is 1. The van der Waals surface area contributed by atoms with E-state index in [9.17, 15) is 9.59 Å². The lowest BCUT2D eigenvalue weighted by Gasteiger charge is -2.42. The smallest absolute Gasteiger partial charge is 0.317 e. The number of aliphatic carboxylic acids is 1. The summed E-state index contributed by atoms with van der Waals surface area (Å²) in [5.41, 5.74) is 1.12. The Kier molecular flexibility index (Phi) is 6.87. The van der Waals surface area contributed by atoms with E-state index >= 15 is 0 Å². The van der Waals surface area contributed by atoms with Gasteiger partial charge in [0.2, 0.25) is 0 Å². The monoisotopic (exact) mass is 353 g/mol. The van der Waals surface area contributed by atoms with Crippen molar-refractivity contribution in [1.82, 2.24) is 15.5 Å². The Morgan fingerprint density at radius 2 is 1.96 bits per heavy atom. The van der Waals surface area contributed by atoms with E-state index in [1.54, 1.807) is 0 Å².